The molecule has 0 spiro atoms. The van der Waals surface area contributed by atoms with E-state index in [4.69, 9.17) is 28.3 Å². The van der Waals surface area contributed by atoms with Gasteiger partial charge in [0.1, 0.15) is 0 Å². The summed E-state index contributed by atoms with van der Waals surface area (Å²) in [5.74, 6) is -0.877. The highest BCUT2D eigenvalue weighted by molar-refractivity contribution is 6.35. The van der Waals surface area contributed by atoms with Gasteiger partial charge < -0.3 is 10.4 Å². The normalized spacial score (nSPS) is 10.8. The molecular formula is C18H17Cl2N5O3. The number of benzene rings is 1. The fourth-order valence-corrected chi connectivity index (χ4v) is 3.03. The van der Waals surface area contributed by atoms with Crippen LogP contribution in [0, 0.1) is 6.92 Å². The lowest BCUT2D eigenvalue weighted by molar-refractivity contribution is -0.116. The van der Waals surface area contributed by atoms with Crippen molar-refractivity contribution in [1.29, 1.82) is 0 Å². The average molecular weight is 422 g/mol. The van der Waals surface area contributed by atoms with Crippen LogP contribution in [0.4, 0.5) is 5.82 Å². The van der Waals surface area contributed by atoms with Crippen LogP contribution in [-0.2, 0) is 17.9 Å². The van der Waals surface area contributed by atoms with Gasteiger partial charge in [-0.05, 0) is 24.6 Å². The SMILES string of the molecule is Cc1cc(NC(=O)CCn2cc(C(=O)O)cn2)nn1Cc1ccc(Cl)cc1Cl. The number of nitrogens with zero attached hydrogens (tertiary/aromatic N) is 4. The van der Waals surface area contributed by atoms with Gasteiger partial charge >= 0.3 is 5.97 Å². The summed E-state index contributed by atoms with van der Waals surface area (Å²) >= 11 is 12.1. The van der Waals surface area contributed by atoms with Gasteiger partial charge in [-0.3, -0.25) is 14.2 Å². The molecule has 0 aliphatic carbocycles. The maximum Gasteiger partial charge on any atom is 0.338 e. The number of nitrogens with one attached hydrogen (secondary N) is 1. The molecule has 0 aliphatic rings. The third kappa shape index (κ3) is 4.90. The molecule has 10 heteroatoms. The lowest BCUT2D eigenvalue weighted by Crippen LogP contribution is -2.15. The topological polar surface area (TPSA) is 102 Å². The number of aromatic carboxylic acids is 1. The summed E-state index contributed by atoms with van der Waals surface area (Å²) in [6.07, 6.45) is 2.76. The van der Waals surface area contributed by atoms with Crippen molar-refractivity contribution in [2.75, 3.05) is 5.32 Å². The number of amides is 1. The Bertz CT molecular complexity index is 1030. The van der Waals surface area contributed by atoms with E-state index >= 15 is 0 Å². The molecule has 2 N–H and O–H groups in total. The molecule has 0 aliphatic heterocycles. The zero-order chi connectivity index (χ0) is 20.3. The van der Waals surface area contributed by atoms with Crippen LogP contribution in [0.5, 0.6) is 0 Å². The third-order valence-corrected chi connectivity index (χ3v) is 4.62. The Labute approximate surface area is 170 Å². The van der Waals surface area contributed by atoms with E-state index in [1.54, 1.807) is 22.9 Å². The Hall–Kier alpha value is -2.84. The first-order valence-corrected chi connectivity index (χ1v) is 9.11. The molecule has 28 heavy (non-hydrogen) atoms. The zero-order valence-corrected chi connectivity index (χ0v) is 16.4. The molecule has 3 rings (SSSR count). The van der Waals surface area contributed by atoms with E-state index in [1.165, 1.54) is 17.1 Å². The van der Waals surface area contributed by atoms with Gasteiger partial charge in [-0.1, -0.05) is 29.3 Å². The number of carboxylic acid groups (broad SMARTS) is 1. The number of carbonyl (C=O) groups excluding carboxylic acids is 1. The smallest absolute Gasteiger partial charge is 0.338 e. The van der Waals surface area contributed by atoms with Gasteiger partial charge in [-0.2, -0.15) is 10.2 Å². The maximum absolute atomic E-state index is 12.1. The Morgan fingerprint density at radius 2 is 2.04 bits per heavy atom. The molecular weight excluding hydrogens is 405 g/mol. The van der Waals surface area contributed by atoms with E-state index in [1.807, 2.05) is 13.0 Å². The highest BCUT2D eigenvalue weighted by Crippen LogP contribution is 2.22. The predicted octanol–water partition coefficient (Wildman–Crippen LogP) is 3.47. The standard InChI is InChI=1S/C18H17Cl2N5O3/c1-11-6-16(23-25(11)10-12-2-3-14(19)7-15(12)20)22-17(26)4-5-24-9-13(8-21-24)18(27)28/h2-3,6-9H,4-5,10H2,1H3,(H,27,28)(H,22,23,26). The number of aryl methyl sites for hydroxylation is 2. The number of aromatic nitrogens is 4. The third-order valence-electron chi connectivity index (χ3n) is 4.03. The molecule has 2 aromatic heterocycles. The van der Waals surface area contributed by atoms with Crippen molar-refractivity contribution in [1.82, 2.24) is 19.6 Å². The van der Waals surface area contributed by atoms with E-state index in [9.17, 15) is 9.59 Å². The second kappa shape index (κ2) is 8.45. The first-order valence-electron chi connectivity index (χ1n) is 8.36. The van der Waals surface area contributed by atoms with Crippen molar-refractivity contribution in [3.63, 3.8) is 0 Å². The summed E-state index contributed by atoms with van der Waals surface area (Å²) < 4.78 is 3.15. The lowest BCUT2D eigenvalue weighted by Gasteiger charge is -2.07. The van der Waals surface area contributed by atoms with Crippen LogP contribution < -0.4 is 5.32 Å². The number of halogens is 2. The van der Waals surface area contributed by atoms with Gasteiger partial charge in [0.25, 0.3) is 0 Å². The lowest BCUT2D eigenvalue weighted by atomic mass is 10.2. The summed E-state index contributed by atoms with van der Waals surface area (Å²) in [5, 5.41) is 21.0. The molecule has 146 valence electrons. The summed E-state index contributed by atoms with van der Waals surface area (Å²) in [4.78, 5) is 23.0. The first-order chi connectivity index (χ1) is 13.3. The second-order valence-electron chi connectivity index (χ2n) is 6.16. The highest BCUT2D eigenvalue weighted by atomic mass is 35.5. The van der Waals surface area contributed by atoms with Gasteiger partial charge in [-0.25, -0.2) is 4.79 Å². The Balaban J connectivity index is 1.59. The van der Waals surface area contributed by atoms with Crippen molar-refractivity contribution in [3.05, 3.63) is 63.5 Å². The molecule has 0 fully saturated rings. The molecule has 0 saturated heterocycles. The van der Waals surface area contributed by atoms with Crippen molar-refractivity contribution in [2.45, 2.75) is 26.4 Å². The van der Waals surface area contributed by atoms with E-state index in [-0.39, 0.29) is 24.4 Å². The quantitative estimate of drug-likeness (QED) is 0.607. The zero-order valence-electron chi connectivity index (χ0n) is 14.9. The van der Waals surface area contributed by atoms with Crippen LogP contribution in [0.2, 0.25) is 10.0 Å². The number of carbonyl (C=O) groups is 2. The number of rotatable bonds is 7. The molecule has 0 unspecified atom stereocenters. The van der Waals surface area contributed by atoms with E-state index in [2.05, 4.69) is 15.5 Å². The fraction of sp³-hybridized carbons (Fsp3) is 0.222. The van der Waals surface area contributed by atoms with Gasteiger partial charge in [-0.15, -0.1) is 0 Å². The molecule has 3 aromatic rings. The Morgan fingerprint density at radius 3 is 2.71 bits per heavy atom. The van der Waals surface area contributed by atoms with Crippen LogP contribution in [0.15, 0.2) is 36.7 Å². The van der Waals surface area contributed by atoms with Crippen LogP contribution in [-0.4, -0.2) is 36.5 Å². The van der Waals surface area contributed by atoms with Gasteiger partial charge in [0.15, 0.2) is 5.82 Å². The summed E-state index contributed by atoms with van der Waals surface area (Å²) in [7, 11) is 0. The Kier molecular flexibility index (Phi) is 6.01. The molecule has 1 aromatic carbocycles. The van der Waals surface area contributed by atoms with Crippen LogP contribution >= 0.6 is 23.2 Å². The molecule has 0 radical (unpaired) electrons. The predicted molar refractivity (Wildman–Crippen MR) is 105 cm³/mol. The molecule has 0 bridgehead atoms. The second-order valence-corrected chi connectivity index (χ2v) is 7.00. The van der Waals surface area contributed by atoms with Gasteiger partial charge in [0.05, 0.1) is 18.3 Å². The van der Waals surface area contributed by atoms with E-state index in [0.717, 1.165) is 11.3 Å². The van der Waals surface area contributed by atoms with Crippen molar-refractivity contribution in [3.8, 4) is 0 Å². The van der Waals surface area contributed by atoms with E-state index < -0.39 is 5.97 Å². The molecule has 1 amide bonds. The van der Waals surface area contributed by atoms with Crippen LogP contribution in [0.1, 0.15) is 28.0 Å². The van der Waals surface area contributed by atoms with E-state index in [0.29, 0.717) is 22.4 Å². The van der Waals surface area contributed by atoms with Gasteiger partial charge in [0.2, 0.25) is 5.91 Å². The average Bonchev–Trinajstić information content (AvgIpc) is 3.23. The number of carboxylic acids is 1. The Morgan fingerprint density at radius 1 is 1.25 bits per heavy atom. The molecule has 8 nitrogen and oxygen atoms in total. The highest BCUT2D eigenvalue weighted by Gasteiger charge is 2.11. The van der Waals surface area contributed by atoms with Crippen molar-refractivity contribution >= 4 is 40.9 Å². The largest absolute Gasteiger partial charge is 0.478 e. The van der Waals surface area contributed by atoms with Crippen molar-refractivity contribution < 1.29 is 14.7 Å². The van der Waals surface area contributed by atoms with Gasteiger partial charge in [0, 0.05) is 41.0 Å². The summed E-state index contributed by atoms with van der Waals surface area (Å²) in [6, 6.07) is 7.03. The van der Waals surface area contributed by atoms with Crippen LogP contribution in [0.3, 0.4) is 0 Å². The monoisotopic (exact) mass is 421 g/mol. The first kappa shape index (κ1) is 19.9. The maximum atomic E-state index is 12.1. The van der Waals surface area contributed by atoms with Crippen molar-refractivity contribution in [2.24, 2.45) is 0 Å². The molecule has 0 atom stereocenters. The summed E-state index contributed by atoms with van der Waals surface area (Å²) in [5.41, 5.74) is 1.80. The molecule has 2 heterocycles. The fourth-order valence-electron chi connectivity index (χ4n) is 2.56. The minimum absolute atomic E-state index is 0.0793. The summed E-state index contributed by atoms with van der Waals surface area (Å²) in [6.45, 7) is 2.59. The minimum Gasteiger partial charge on any atom is -0.478 e. The molecule has 0 saturated carbocycles. The van der Waals surface area contributed by atoms with Crippen LogP contribution in [0.25, 0.3) is 0 Å². The number of hydrogen-bond acceptors (Lipinski definition) is 4. The minimum atomic E-state index is -1.06. The number of anilines is 1. The number of hydrogen-bond donors (Lipinski definition) is 2.